The summed E-state index contributed by atoms with van der Waals surface area (Å²) in [4.78, 5) is 12.2. The molecule has 0 saturated carbocycles. The molecule has 1 aromatic heterocycles. The van der Waals surface area contributed by atoms with Crippen LogP contribution in [0, 0.1) is 0 Å². The lowest BCUT2D eigenvalue weighted by Gasteiger charge is -2.26. The lowest BCUT2D eigenvalue weighted by Crippen LogP contribution is -2.30. The van der Waals surface area contributed by atoms with Gasteiger partial charge in [-0.05, 0) is 63.6 Å². The molecule has 25 heavy (non-hydrogen) atoms. The van der Waals surface area contributed by atoms with E-state index < -0.39 is 17.8 Å². The predicted molar refractivity (Wildman–Crippen MR) is 95.8 cm³/mol. The first-order valence-corrected chi connectivity index (χ1v) is 8.85. The Morgan fingerprint density at radius 1 is 1.16 bits per heavy atom. The van der Waals surface area contributed by atoms with Crippen LogP contribution in [0.3, 0.4) is 0 Å². The third kappa shape index (κ3) is 3.78. The molecule has 0 radical (unpaired) electrons. The molecule has 0 bridgehead atoms. The first-order valence-electron chi connectivity index (χ1n) is 8.85. The highest BCUT2D eigenvalue weighted by Gasteiger charge is 2.26. The van der Waals surface area contributed by atoms with Crippen LogP contribution in [0.4, 0.5) is 0 Å². The van der Waals surface area contributed by atoms with E-state index in [1.807, 2.05) is 20.8 Å². The van der Waals surface area contributed by atoms with Crippen LogP contribution in [-0.2, 0) is 17.6 Å². The zero-order chi connectivity index (χ0) is 18.2. The fraction of sp³-hybridized carbons (Fsp3) is 0.550. The van der Waals surface area contributed by atoms with Crippen molar-refractivity contribution < 1.29 is 19.4 Å². The molecule has 2 aromatic rings. The number of fused-ring (bicyclic) bond motifs is 3. The van der Waals surface area contributed by atoms with Gasteiger partial charge in [0.25, 0.3) is 0 Å². The van der Waals surface area contributed by atoms with Crippen LogP contribution in [0.2, 0.25) is 0 Å². The van der Waals surface area contributed by atoms with Gasteiger partial charge in [-0.2, -0.15) is 0 Å². The highest BCUT2D eigenvalue weighted by atomic mass is 16.5. The summed E-state index contributed by atoms with van der Waals surface area (Å²) in [6.45, 7) is 5.72. The number of aliphatic hydroxyl groups excluding tert-OH is 2. The second-order valence-electron chi connectivity index (χ2n) is 7.71. The van der Waals surface area contributed by atoms with E-state index in [9.17, 15) is 15.0 Å². The zero-order valence-electron chi connectivity index (χ0n) is 15.0. The first kappa shape index (κ1) is 18.1. The number of hydrogen-bond acceptors (Lipinski definition) is 5. The molecule has 5 heteroatoms. The van der Waals surface area contributed by atoms with Crippen LogP contribution in [0.5, 0.6) is 0 Å². The van der Waals surface area contributed by atoms with E-state index >= 15 is 0 Å². The van der Waals surface area contributed by atoms with E-state index in [0.29, 0.717) is 23.1 Å². The first-order chi connectivity index (χ1) is 11.8. The molecule has 3 rings (SSSR count). The van der Waals surface area contributed by atoms with Crippen molar-refractivity contribution in [1.29, 1.82) is 0 Å². The number of ether oxygens (including phenoxy) is 1. The van der Waals surface area contributed by atoms with Crippen molar-refractivity contribution >= 4 is 11.0 Å². The Bertz CT molecular complexity index is 815. The molecule has 0 saturated heterocycles. The van der Waals surface area contributed by atoms with E-state index in [1.165, 1.54) is 0 Å². The minimum absolute atomic E-state index is 0.0278. The SMILES string of the molecule is CC(C)(C)OCC(O)C(O)c1cccc2oc(=O)c3c(c12)CCCC3. The summed E-state index contributed by atoms with van der Waals surface area (Å²) < 4.78 is 11.1. The minimum atomic E-state index is -1.11. The Labute approximate surface area is 147 Å². The molecule has 1 aliphatic carbocycles. The molecular formula is C20H26O5. The Morgan fingerprint density at radius 2 is 1.84 bits per heavy atom. The van der Waals surface area contributed by atoms with Crippen molar-refractivity contribution in [3.63, 3.8) is 0 Å². The molecule has 2 atom stereocenters. The summed E-state index contributed by atoms with van der Waals surface area (Å²) in [5.74, 6) is 0. The zero-order valence-corrected chi connectivity index (χ0v) is 15.0. The number of aliphatic hydroxyl groups is 2. The molecule has 0 amide bonds. The number of rotatable bonds is 4. The molecular weight excluding hydrogens is 320 g/mol. The van der Waals surface area contributed by atoms with Gasteiger partial charge in [0.2, 0.25) is 0 Å². The number of benzene rings is 1. The van der Waals surface area contributed by atoms with Crippen LogP contribution in [0.15, 0.2) is 27.4 Å². The van der Waals surface area contributed by atoms with E-state index in [2.05, 4.69) is 0 Å². The average Bonchev–Trinajstić information content (AvgIpc) is 2.58. The Kier molecular flexibility index (Phi) is 5.00. The lowest BCUT2D eigenvalue weighted by atomic mass is 9.87. The predicted octanol–water partition coefficient (Wildman–Crippen LogP) is 2.88. The van der Waals surface area contributed by atoms with E-state index in [0.717, 1.165) is 30.2 Å². The van der Waals surface area contributed by atoms with Gasteiger partial charge in [-0.3, -0.25) is 0 Å². The van der Waals surface area contributed by atoms with Crippen molar-refractivity contribution in [2.75, 3.05) is 6.61 Å². The maximum absolute atomic E-state index is 12.2. The van der Waals surface area contributed by atoms with Gasteiger partial charge in [0.05, 0.1) is 12.2 Å². The second kappa shape index (κ2) is 6.90. The van der Waals surface area contributed by atoms with Gasteiger partial charge in [-0.25, -0.2) is 4.79 Å². The highest BCUT2D eigenvalue weighted by Crippen LogP contribution is 2.33. The summed E-state index contributed by atoms with van der Waals surface area (Å²) in [6, 6.07) is 5.25. The van der Waals surface area contributed by atoms with Gasteiger partial charge >= 0.3 is 5.63 Å². The molecule has 1 aliphatic rings. The second-order valence-corrected chi connectivity index (χ2v) is 7.71. The van der Waals surface area contributed by atoms with Crippen molar-refractivity contribution in [3.05, 3.63) is 45.3 Å². The molecule has 5 nitrogen and oxygen atoms in total. The van der Waals surface area contributed by atoms with Gasteiger partial charge in [0.1, 0.15) is 17.8 Å². The Hall–Kier alpha value is -1.69. The number of hydrogen-bond donors (Lipinski definition) is 2. The van der Waals surface area contributed by atoms with E-state index in [1.54, 1.807) is 18.2 Å². The molecule has 0 fully saturated rings. The van der Waals surface area contributed by atoms with Crippen LogP contribution in [0.25, 0.3) is 11.0 Å². The lowest BCUT2D eigenvalue weighted by molar-refractivity contribution is -0.0855. The maximum Gasteiger partial charge on any atom is 0.339 e. The molecule has 2 N–H and O–H groups in total. The number of aryl methyl sites for hydroxylation is 1. The molecule has 2 unspecified atom stereocenters. The van der Waals surface area contributed by atoms with Gasteiger partial charge < -0.3 is 19.4 Å². The van der Waals surface area contributed by atoms with Gasteiger partial charge in [-0.15, -0.1) is 0 Å². The fourth-order valence-electron chi connectivity index (χ4n) is 3.40. The van der Waals surface area contributed by atoms with Crippen LogP contribution >= 0.6 is 0 Å². The molecule has 136 valence electrons. The average molecular weight is 346 g/mol. The Morgan fingerprint density at radius 3 is 2.52 bits per heavy atom. The van der Waals surface area contributed by atoms with Crippen molar-refractivity contribution in [2.45, 2.75) is 64.3 Å². The third-order valence-electron chi connectivity index (χ3n) is 4.65. The van der Waals surface area contributed by atoms with Crippen molar-refractivity contribution in [3.8, 4) is 0 Å². The van der Waals surface area contributed by atoms with Crippen LogP contribution in [0.1, 0.15) is 56.4 Å². The normalized spacial score (nSPS) is 17.3. The summed E-state index contributed by atoms with van der Waals surface area (Å²) in [5.41, 5.74) is 2.03. The fourth-order valence-corrected chi connectivity index (χ4v) is 3.40. The summed E-state index contributed by atoms with van der Waals surface area (Å²) in [5, 5.41) is 21.9. The van der Waals surface area contributed by atoms with Crippen LogP contribution in [-0.4, -0.2) is 28.5 Å². The highest BCUT2D eigenvalue weighted by molar-refractivity contribution is 5.85. The third-order valence-corrected chi connectivity index (χ3v) is 4.65. The molecule has 0 spiro atoms. The van der Waals surface area contributed by atoms with E-state index in [4.69, 9.17) is 9.15 Å². The summed E-state index contributed by atoms with van der Waals surface area (Å²) >= 11 is 0. The summed E-state index contributed by atoms with van der Waals surface area (Å²) in [6.07, 6.45) is 1.30. The molecule has 0 aliphatic heterocycles. The summed E-state index contributed by atoms with van der Waals surface area (Å²) in [7, 11) is 0. The molecule has 1 heterocycles. The molecule has 1 aromatic carbocycles. The van der Waals surface area contributed by atoms with Crippen molar-refractivity contribution in [1.82, 2.24) is 0 Å². The maximum atomic E-state index is 12.2. The minimum Gasteiger partial charge on any atom is -0.422 e. The van der Waals surface area contributed by atoms with Crippen LogP contribution < -0.4 is 5.63 Å². The largest absolute Gasteiger partial charge is 0.422 e. The monoisotopic (exact) mass is 346 g/mol. The van der Waals surface area contributed by atoms with Gasteiger partial charge in [0, 0.05) is 10.9 Å². The Balaban J connectivity index is 2.03. The quantitative estimate of drug-likeness (QED) is 0.832. The standard InChI is InChI=1S/C20H26O5/c1-20(2,3)24-11-15(21)18(22)14-9-6-10-16-17(14)12-7-4-5-8-13(12)19(23)25-16/h6,9-10,15,18,21-22H,4-5,7-8,11H2,1-3H3. The van der Waals surface area contributed by atoms with E-state index in [-0.39, 0.29) is 12.2 Å². The van der Waals surface area contributed by atoms with Gasteiger partial charge in [-0.1, -0.05) is 12.1 Å². The van der Waals surface area contributed by atoms with Crippen molar-refractivity contribution in [2.24, 2.45) is 0 Å². The topological polar surface area (TPSA) is 79.9 Å². The smallest absolute Gasteiger partial charge is 0.339 e. The van der Waals surface area contributed by atoms with Gasteiger partial charge in [0.15, 0.2) is 0 Å².